The molecule has 0 amide bonds. The van der Waals surface area contributed by atoms with Crippen LogP contribution in [0.25, 0.3) is 5.69 Å². The number of aromatic nitrogens is 3. The van der Waals surface area contributed by atoms with Crippen molar-refractivity contribution in [2.45, 2.75) is 42.8 Å². The number of sulfone groups is 1. The minimum atomic E-state index is -3.19. The van der Waals surface area contributed by atoms with E-state index in [4.69, 9.17) is 0 Å². The maximum Gasteiger partial charge on any atom is 0.175 e. The van der Waals surface area contributed by atoms with Gasteiger partial charge in [-0.05, 0) is 48.7 Å². The molecule has 28 heavy (non-hydrogen) atoms. The molecule has 1 fully saturated rings. The summed E-state index contributed by atoms with van der Waals surface area (Å²) in [5.41, 5.74) is 4.70. The first kappa shape index (κ1) is 17.6. The first-order chi connectivity index (χ1) is 13.5. The van der Waals surface area contributed by atoms with Gasteiger partial charge >= 0.3 is 0 Å². The molecular weight excluding hydrogens is 372 g/mol. The van der Waals surface area contributed by atoms with Crippen molar-refractivity contribution in [1.29, 1.82) is 0 Å². The Balaban J connectivity index is 1.46. The molecule has 0 spiro atoms. The van der Waals surface area contributed by atoms with Gasteiger partial charge in [-0.2, -0.15) is 5.10 Å². The van der Waals surface area contributed by atoms with Crippen molar-refractivity contribution < 1.29 is 8.42 Å². The van der Waals surface area contributed by atoms with Gasteiger partial charge in [0.1, 0.15) is 0 Å². The number of nitrogens with zero attached hydrogens (tertiary/aromatic N) is 4. The molecule has 3 aromatic rings. The van der Waals surface area contributed by atoms with Crippen LogP contribution in [-0.4, -0.2) is 40.4 Å². The maximum absolute atomic E-state index is 11.7. The van der Waals surface area contributed by atoms with Crippen LogP contribution in [0.1, 0.15) is 35.7 Å². The van der Waals surface area contributed by atoms with Gasteiger partial charge in [0.05, 0.1) is 22.5 Å². The standard InChI is InChI=1S/C21H22N4O2S/c1-28(26,27)18-7-4-16(5-8-18)25-21-11-17-6-9-20(19(21)13-23-25)24(17)14-15-3-2-10-22-12-15/h2-5,7-8,10,12-13,17,20H,6,9,11,14H2,1H3/t17-,20+/m1/s1. The van der Waals surface area contributed by atoms with Crippen molar-refractivity contribution in [2.75, 3.05) is 6.26 Å². The van der Waals surface area contributed by atoms with E-state index in [9.17, 15) is 8.42 Å². The fourth-order valence-corrected chi connectivity index (χ4v) is 5.21. The summed E-state index contributed by atoms with van der Waals surface area (Å²) in [5, 5.41) is 4.65. The second kappa shape index (κ2) is 6.53. The predicted octanol–water partition coefficient (Wildman–Crippen LogP) is 2.93. The topological polar surface area (TPSA) is 68.1 Å². The van der Waals surface area contributed by atoms with Crippen LogP contribution in [0.4, 0.5) is 0 Å². The minimum Gasteiger partial charge on any atom is -0.289 e. The molecule has 1 saturated heterocycles. The van der Waals surface area contributed by atoms with Crippen LogP contribution in [0.5, 0.6) is 0 Å². The van der Waals surface area contributed by atoms with E-state index in [1.807, 2.05) is 41.5 Å². The fourth-order valence-electron chi connectivity index (χ4n) is 4.58. The van der Waals surface area contributed by atoms with Gasteiger partial charge in [-0.1, -0.05) is 6.07 Å². The molecule has 0 N–H and O–H groups in total. The van der Waals surface area contributed by atoms with E-state index >= 15 is 0 Å². The highest BCUT2D eigenvalue weighted by Crippen LogP contribution is 2.44. The summed E-state index contributed by atoms with van der Waals surface area (Å²) in [6.07, 6.45) is 10.3. The lowest BCUT2D eigenvalue weighted by Crippen LogP contribution is -2.37. The van der Waals surface area contributed by atoms with Gasteiger partial charge in [0, 0.05) is 49.3 Å². The maximum atomic E-state index is 11.7. The Kier molecular flexibility index (Phi) is 4.10. The van der Waals surface area contributed by atoms with E-state index in [-0.39, 0.29) is 0 Å². The molecule has 5 rings (SSSR count). The third kappa shape index (κ3) is 2.95. The number of rotatable bonds is 4. The average Bonchev–Trinajstić information content (AvgIpc) is 3.22. The highest BCUT2D eigenvalue weighted by Gasteiger charge is 2.41. The zero-order valence-electron chi connectivity index (χ0n) is 15.7. The molecular formula is C21H22N4O2S. The zero-order valence-corrected chi connectivity index (χ0v) is 16.5. The van der Waals surface area contributed by atoms with Gasteiger partial charge in [0.2, 0.25) is 0 Å². The molecule has 2 atom stereocenters. The van der Waals surface area contributed by atoms with Crippen molar-refractivity contribution >= 4 is 9.84 Å². The molecule has 144 valence electrons. The number of hydrogen-bond acceptors (Lipinski definition) is 5. The van der Waals surface area contributed by atoms with Gasteiger partial charge in [-0.25, -0.2) is 13.1 Å². The van der Waals surface area contributed by atoms with Crippen molar-refractivity contribution in [3.05, 3.63) is 71.8 Å². The van der Waals surface area contributed by atoms with E-state index in [0.29, 0.717) is 17.0 Å². The number of hydrogen-bond donors (Lipinski definition) is 0. The fraction of sp³-hybridized carbons (Fsp3) is 0.333. The third-order valence-corrected chi connectivity index (χ3v) is 7.06. The van der Waals surface area contributed by atoms with Crippen LogP contribution in [0.2, 0.25) is 0 Å². The second-order valence-electron chi connectivity index (χ2n) is 7.71. The summed E-state index contributed by atoms with van der Waals surface area (Å²) in [6.45, 7) is 0.914. The van der Waals surface area contributed by atoms with E-state index in [1.54, 1.807) is 12.1 Å². The first-order valence-corrected chi connectivity index (χ1v) is 11.4. The van der Waals surface area contributed by atoms with Crippen LogP contribution in [0, 0.1) is 0 Å². The summed E-state index contributed by atoms with van der Waals surface area (Å²) < 4.78 is 25.4. The van der Waals surface area contributed by atoms with E-state index in [2.05, 4.69) is 21.0 Å². The molecule has 6 nitrogen and oxygen atoms in total. The number of pyridine rings is 1. The molecule has 0 saturated carbocycles. The lowest BCUT2D eigenvalue weighted by atomic mass is 9.99. The van der Waals surface area contributed by atoms with E-state index in [1.165, 1.54) is 29.5 Å². The molecule has 0 radical (unpaired) electrons. The second-order valence-corrected chi connectivity index (χ2v) is 9.72. The van der Waals surface area contributed by atoms with Gasteiger partial charge in [-0.15, -0.1) is 0 Å². The van der Waals surface area contributed by atoms with E-state index in [0.717, 1.165) is 25.1 Å². The highest BCUT2D eigenvalue weighted by atomic mass is 32.2. The van der Waals surface area contributed by atoms with Crippen molar-refractivity contribution in [3.63, 3.8) is 0 Å². The smallest absolute Gasteiger partial charge is 0.175 e. The molecule has 2 aliphatic heterocycles. The third-order valence-electron chi connectivity index (χ3n) is 5.93. The van der Waals surface area contributed by atoms with Gasteiger partial charge in [-0.3, -0.25) is 9.88 Å². The zero-order chi connectivity index (χ0) is 19.3. The Morgan fingerprint density at radius 1 is 1.11 bits per heavy atom. The van der Waals surface area contributed by atoms with Gasteiger partial charge in [0.25, 0.3) is 0 Å². The van der Waals surface area contributed by atoms with Crippen molar-refractivity contribution in [2.24, 2.45) is 0 Å². The Morgan fingerprint density at radius 3 is 2.64 bits per heavy atom. The summed E-state index contributed by atoms with van der Waals surface area (Å²) in [6, 6.07) is 12.0. The van der Waals surface area contributed by atoms with Crippen molar-refractivity contribution in [3.8, 4) is 5.69 Å². The minimum absolute atomic E-state index is 0.333. The molecule has 0 unspecified atom stereocenters. The van der Waals surface area contributed by atoms with Crippen LogP contribution in [0.15, 0.2) is 59.9 Å². The van der Waals surface area contributed by atoms with Crippen LogP contribution >= 0.6 is 0 Å². The monoisotopic (exact) mass is 394 g/mol. The number of fused-ring (bicyclic) bond motifs is 4. The average molecular weight is 395 g/mol. The SMILES string of the molecule is CS(=O)(=O)c1ccc(-n2ncc3c2C[C@H]2CC[C@@H]3N2Cc2cccnc2)cc1. The lowest BCUT2D eigenvalue weighted by Gasteiger charge is -2.35. The number of benzene rings is 1. The quantitative estimate of drug-likeness (QED) is 0.681. The van der Waals surface area contributed by atoms with Crippen LogP contribution in [-0.2, 0) is 22.8 Å². The lowest BCUT2D eigenvalue weighted by molar-refractivity contribution is 0.166. The summed E-state index contributed by atoms with van der Waals surface area (Å²) in [7, 11) is -3.19. The molecule has 4 heterocycles. The normalized spacial score (nSPS) is 21.6. The summed E-state index contributed by atoms with van der Waals surface area (Å²) >= 11 is 0. The van der Waals surface area contributed by atoms with E-state index < -0.39 is 9.84 Å². The molecule has 0 aliphatic carbocycles. The molecule has 1 aromatic carbocycles. The first-order valence-electron chi connectivity index (χ1n) is 9.52. The summed E-state index contributed by atoms with van der Waals surface area (Å²) in [5.74, 6) is 0. The predicted molar refractivity (Wildman–Crippen MR) is 106 cm³/mol. The Labute approximate surface area is 164 Å². The molecule has 7 heteroatoms. The van der Waals surface area contributed by atoms with Crippen LogP contribution < -0.4 is 0 Å². The highest BCUT2D eigenvalue weighted by molar-refractivity contribution is 7.90. The Morgan fingerprint density at radius 2 is 1.93 bits per heavy atom. The largest absolute Gasteiger partial charge is 0.289 e. The van der Waals surface area contributed by atoms with Crippen LogP contribution in [0.3, 0.4) is 0 Å². The van der Waals surface area contributed by atoms with Gasteiger partial charge in [0.15, 0.2) is 9.84 Å². The van der Waals surface area contributed by atoms with Gasteiger partial charge < -0.3 is 0 Å². The Hall–Kier alpha value is -2.51. The Bertz CT molecular complexity index is 1110. The molecule has 2 bridgehead atoms. The molecule has 2 aromatic heterocycles. The summed E-state index contributed by atoms with van der Waals surface area (Å²) in [4.78, 5) is 7.16. The molecule has 2 aliphatic rings. The van der Waals surface area contributed by atoms with Crippen molar-refractivity contribution in [1.82, 2.24) is 19.7 Å².